The fourth-order valence-electron chi connectivity index (χ4n) is 4.70. The number of amides is 1. The molecule has 0 saturated carbocycles. The van der Waals surface area contributed by atoms with Crippen molar-refractivity contribution < 1.29 is 24.2 Å². The number of hydrogen-bond donors (Lipinski definition) is 2. The van der Waals surface area contributed by atoms with Crippen molar-refractivity contribution in [2.45, 2.75) is 44.8 Å². The van der Waals surface area contributed by atoms with E-state index < -0.39 is 11.8 Å². The minimum absolute atomic E-state index is 0.0169. The van der Waals surface area contributed by atoms with Crippen LogP contribution in [-0.2, 0) is 26.5 Å². The Morgan fingerprint density at radius 1 is 1.03 bits per heavy atom. The van der Waals surface area contributed by atoms with Crippen LogP contribution < -0.4 is 10.1 Å². The fourth-order valence-corrected chi connectivity index (χ4v) is 5.21. The number of nitrogens with zero attached hydrogens (tertiary/aromatic N) is 2. The number of nitrogens with one attached hydrogen (secondary N) is 1. The van der Waals surface area contributed by atoms with Gasteiger partial charge in [0, 0.05) is 29.7 Å². The molecule has 2 N–H and O–H groups in total. The Kier molecular flexibility index (Phi) is 7.72. The molecule has 1 amide bonds. The zero-order chi connectivity index (χ0) is 27.4. The summed E-state index contributed by atoms with van der Waals surface area (Å²) in [4.78, 5) is 25.5. The Hall–Kier alpha value is -4.08. The molecule has 1 aromatic heterocycles. The van der Waals surface area contributed by atoms with E-state index in [1.165, 1.54) is 0 Å². The average Bonchev–Trinajstić information content (AvgIpc) is 3.51. The number of methoxy groups -OCH3 is 1. The van der Waals surface area contributed by atoms with Gasteiger partial charge in [-0.15, -0.1) is 0 Å². The molecule has 0 saturated heterocycles. The van der Waals surface area contributed by atoms with Gasteiger partial charge in [-0.05, 0) is 66.1 Å². The van der Waals surface area contributed by atoms with E-state index in [-0.39, 0.29) is 17.9 Å². The summed E-state index contributed by atoms with van der Waals surface area (Å²) in [7, 11) is 1.56. The summed E-state index contributed by atoms with van der Waals surface area (Å²) < 4.78 is 19.5. The highest BCUT2D eigenvalue weighted by atomic mass is 32.1. The zero-order valence-electron chi connectivity index (χ0n) is 21.8. The molecule has 0 fully saturated rings. The molecule has 1 atom stereocenters. The molecule has 1 aliphatic heterocycles. The molecule has 4 aromatic rings. The summed E-state index contributed by atoms with van der Waals surface area (Å²) in [5, 5.41) is 14.8. The molecule has 1 aliphatic rings. The maximum Gasteiger partial charge on any atom is 0.342 e. The summed E-state index contributed by atoms with van der Waals surface area (Å²) in [5.74, 6) is -2.00. The van der Waals surface area contributed by atoms with Crippen LogP contribution in [0.3, 0.4) is 0 Å². The van der Waals surface area contributed by atoms with Gasteiger partial charge in [-0.3, -0.25) is 4.79 Å². The van der Waals surface area contributed by atoms with Crippen LogP contribution in [0, 0.1) is 0 Å². The van der Waals surface area contributed by atoms with Crippen molar-refractivity contribution in [1.29, 1.82) is 0 Å². The van der Waals surface area contributed by atoms with Crippen LogP contribution in [0.25, 0.3) is 16.6 Å². The third-order valence-corrected chi connectivity index (χ3v) is 7.36. The lowest BCUT2D eigenvalue weighted by molar-refractivity contribution is -0.185. The van der Waals surface area contributed by atoms with Gasteiger partial charge in [0.15, 0.2) is 0 Å². The molecule has 2 heterocycles. The summed E-state index contributed by atoms with van der Waals surface area (Å²) in [6.45, 7) is 2.10. The maximum absolute atomic E-state index is 13.3. The largest absolute Gasteiger partial charge is 0.497 e. The summed E-state index contributed by atoms with van der Waals surface area (Å²) in [6.07, 6.45) is 3.66. The van der Waals surface area contributed by atoms with Gasteiger partial charge < -0.3 is 19.9 Å². The van der Waals surface area contributed by atoms with Gasteiger partial charge in [0.25, 0.3) is 5.79 Å². The number of rotatable bonds is 10. The van der Waals surface area contributed by atoms with E-state index in [1.807, 2.05) is 24.3 Å². The molecule has 0 spiro atoms. The lowest BCUT2D eigenvalue weighted by Crippen LogP contribution is -2.29. The van der Waals surface area contributed by atoms with E-state index in [0.29, 0.717) is 40.1 Å². The molecule has 39 heavy (non-hydrogen) atoms. The number of anilines is 1. The average molecular weight is 544 g/mol. The highest BCUT2D eigenvalue weighted by Crippen LogP contribution is 2.45. The number of ether oxygens (including phenoxy) is 2. The summed E-state index contributed by atoms with van der Waals surface area (Å²) in [5.41, 5.74) is 4.64. The Balaban J connectivity index is 1.50. The number of hydrogen-bond acceptors (Lipinski definition) is 8. The van der Waals surface area contributed by atoms with Crippen molar-refractivity contribution in [2.75, 3.05) is 12.4 Å². The molecule has 1 unspecified atom stereocenters. The SMILES string of the molecule is CCCCCC(=O)Nc1ccc(CC2=C(c3ccc4nsnc4c3)C(=O)OC2(O)c2ccc(OC)cc2)cc1. The molecular formula is C30H29N3O5S. The minimum Gasteiger partial charge on any atom is -0.497 e. The molecule has 9 heteroatoms. The quantitative estimate of drug-likeness (QED) is 0.197. The monoisotopic (exact) mass is 543 g/mol. The van der Waals surface area contributed by atoms with Crippen molar-refractivity contribution >= 4 is 45.9 Å². The number of benzene rings is 3. The predicted octanol–water partition coefficient (Wildman–Crippen LogP) is 5.62. The van der Waals surface area contributed by atoms with Crippen molar-refractivity contribution in [3.8, 4) is 5.75 Å². The van der Waals surface area contributed by atoms with Crippen molar-refractivity contribution in [3.05, 3.63) is 89.0 Å². The molecule has 0 bridgehead atoms. The first kappa shape index (κ1) is 26.5. The van der Waals surface area contributed by atoms with Crippen LogP contribution in [0.15, 0.2) is 72.3 Å². The third-order valence-electron chi connectivity index (χ3n) is 6.81. The maximum atomic E-state index is 13.3. The number of fused-ring (bicyclic) bond motifs is 1. The number of esters is 1. The molecule has 3 aromatic carbocycles. The molecular weight excluding hydrogens is 514 g/mol. The second-order valence-electron chi connectivity index (χ2n) is 9.46. The van der Waals surface area contributed by atoms with E-state index in [1.54, 1.807) is 49.6 Å². The van der Waals surface area contributed by atoms with Gasteiger partial charge in [-0.2, -0.15) is 8.75 Å². The van der Waals surface area contributed by atoms with Gasteiger partial charge in [-0.1, -0.05) is 38.0 Å². The number of aliphatic hydroxyl groups is 1. The topological polar surface area (TPSA) is 111 Å². The van der Waals surface area contributed by atoms with Gasteiger partial charge >= 0.3 is 5.97 Å². The van der Waals surface area contributed by atoms with E-state index in [2.05, 4.69) is 21.0 Å². The smallest absolute Gasteiger partial charge is 0.342 e. The standard InChI is InChI=1S/C30H29N3O5S/c1-3-4-5-6-27(34)31-22-12-7-19(8-13-22)17-24-28(20-9-16-25-26(18-20)33-39-32-25)29(35)38-30(24,36)21-10-14-23(37-2)15-11-21/h7-16,18,36H,3-6,17H2,1-2H3,(H,31,34). The molecule has 0 aliphatic carbocycles. The van der Waals surface area contributed by atoms with Crippen LogP contribution >= 0.6 is 11.7 Å². The van der Waals surface area contributed by atoms with E-state index >= 15 is 0 Å². The van der Waals surface area contributed by atoms with Crippen molar-refractivity contribution in [1.82, 2.24) is 8.75 Å². The number of unbranched alkanes of at least 4 members (excludes halogenated alkanes) is 2. The van der Waals surface area contributed by atoms with Crippen LogP contribution in [-0.4, -0.2) is 32.8 Å². The first-order valence-electron chi connectivity index (χ1n) is 12.9. The lowest BCUT2D eigenvalue weighted by atomic mass is 9.88. The Morgan fingerprint density at radius 2 is 1.77 bits per heavy atom. The Morgan fingerprint density at radius 3 is 2.49 bits per heavy atom. The van der Waals surface area contributed by atoms with Gasteiger partial charge in [0.2, 0.25) is 5.91 Å². The Labute approximate surface area is 230 Å². The first-order chi connectivity index (χ1) is 18.9. The van der Waals surface area contributed by atoms with Crippen LogP contribution in [0.4, 0.5) is 5.69 Å². The second-order valence-corrected chi connectivity index (χ2v) is 9.99. The van der Waals surface area contributed by atoms with Crippen LogP contribution in [0.1, 0.15) is 49.3 Å². The summed E-state index contributed by atoms with van der Waals surface area (Å²) in [6, 6.07) is 19.5. The van der Waals surface area contributed by atoms with Crippen LogP contribution in [0.2, 0.25) is 0 Å². The van der Waals surface area contributed by atoms with E-state index in [0.717, 1.165) is 42.1 Å². The number of carbonyl (C=O) groups is 2. The van der Waals surface area contributed by atoms with E-state index in [9.17, 15) is 14.7 Å². The normalized spacial score (nSPS) is 16.9. The van der Waals surface area contributed by atoms with Gasteiger partial charge in [0.05, 0.1) is 24.4 Å². The third kappa shape index (κ3) is 5.55. The molecule has 0 radical (unpaired) electrons. The van der Waals surface area contributed by atoms with Crippen molar-refractivity contribution in [3.63, 3.8) is 0 Å². The molecule has 5 rings (SSSR count). The highest BCUT2D eigenvalue weighted by molar-refractivity contribution is 7.00. The molecule has 8 nitrogen and oxygen atoms in total. The molecule has 200 valence electrons. The highest BCUT2D eigenvalue weighted by Gasteiger charge is 2.48. The van der Waals surface area contributed by atoms with Gasteiger partial charge in [0.1, 0.15) is 16.8 Å². The minimum atomic E-state index is -1.97. The first-order valence-corrected chi connectivity index (χ1v) is 13.6. The zero-order valence-corrected chi connectivity index (χ0v) is 22.6. The predicted molar refractivity (Wildman–Crippen MR) is 150 cm³/mol. The number of carbonyl (C=O) groups excluding carboxylic acids is 2. The number of cyclic esters (lactones) is 1. The van der Waals surface area contributed by atoms with Crippen LogP contribution in [0.5, 0.6) is 5.75 Å². The lowest BCUT2D eigenvalue weighted by Gasteiger charge is -2.26. The van der Waals surface area contributed by atoms with Crippen molar-refractivity contribution in [2.24, 2.45) is 0 Å². The Bertz CT molecular complexity index is 1530. The summed E-state index contributed by atoms with van der Waals surface area (Å²) >= 11 is 1.10. The second kappa shape index (κ2) is 11.3. The fraction of sp³-hybridized carbons (Fsp3) is 0.267. The van der Waals surface area contributed by atoms with E-state index in [4.69, 9.17) is 9.47 Å². The number of aromatic nitrogens is 2. The van der Waals surface area contributed by atoms with Gasteiger partial charge in [-0.25, -0.2) is 4.79 Å².